The molecule has 21 heavy (non-hydrogen) atoms. The summed E-state index contributed by atoms with van der Waals surface area (Å²) in [5.74, 6) is -0.303. The predicted octanol–water partition coefficient (Wildman–Crippen LogP) is 4.30. The second-order valence-corrected chi connectivity index (χ2v) is 5.79. The third kappa shape index (κ3) is 2.85. The molecule has 0 bridgehead atoms. The minimum absolute atomic E-state index is 0.282. The van der Waals surface area contributed by atoms with Crippen molar-refractivity contribution in [1.29, 1.82) is 0 Å². The maximum atomic E-state index is 12.3. The van der Waals surface area contributed by atoms with Crippen molar-refractivity contribution < 1.29 is 9.53 Å². The molecule has 2 aromatic carbocycles. The number of carbonyl (C=O) groups excluding carboxylic acids is 1. The second kappa shape index (κ2) is 5.74. The number of hydrogen-bond acceptors (Lipinski definition) is 2. The maximum absolute atomic E-state index is 12.3. The molecule has 0 saturated carbocycles. The largest absolute Gasteiger partial charge is 0.457 e. The molecule has 3 nitrogen and oxygen atoms in total. The fourth-order valence-electron chi connectivity index (χ4n) is 2.33. The van der Waals surface area contributed by atoms with E-state index >= 15 is 0 Å². The van der Waals surface area contributed by atoms with Crippen molar-refractivity contribution in [3.05, 3.63) is 70.3 Å². The van der Waals surface area contributed by atoms with Crippen LogP contribution in [0.25, 0.3) is 10.9 Å². The molecule has 0 unspecified atom stereocenters. The fourth-order valence-corrected chi connectivity index (χ4v) is 2.69. The smallest absolute Gasteiger partial charge is 0.340 e. The first kappa shape index (κ1) is 13.9. The summed E-state index contributed by atoms with van der Waals surface area (Å²) in [5.41, 5.74) is 2.57. The Kier molecular flexibility index (Phi) is 3.80. The summed E-state index contributed by atoms with van der Waals surface area (Å²) in [5, 5.41) is 0.893. The lowest BCUT2D eigenvalue weighted by atomic mass is 10.2. The monoisotopic (exact) mass is 343 g/mol. The lowest BCUT2D eigenvalue weighted by Gasteiger charge is -2.04. The summed E-state index contributed by atoms with van der Waals surface area (Å²) < 4.78 is 8.28. The van der Waals surface area contributed by atoms with Crippen LogP contribution in [0.5, 0.6) is 0 Å². The Hall–Kier alpha value is -2.07. The van der Waals surface area contributed by atoms with Crippen molar-refractivity contribution in [2.75, 3.05) is 0 Å². The number of aromatic nitrogens is 1. The van der Waals surface area contributed by atoms with Gasteiger partial charge in [-0.25, -0.2) is 4.79 Å². The average Bonchev–Trinajstić information content (AvgIpc) is 2.82. The van der Waals surface area contributed by atoms with Gasteiger partial charge in [-0.2, -0.15) is 0 Å². The van der Waals surface area contributed by atoms with Gasteiger partial charge in [0.2, 0.25) is 0 Å². The van der Waals surface area contributed by atoms with E-state index in [1.807, 2.05) is 66.3 Å². The van der Waals surface area contributed by atoms with Crippen LogP contribution in [-0.2, 0) is 18.4 Å². The van der Waals surface area contributed by atoms with Crippen LogP contribution in [0.2, 0.25) is 0 Å². The molecule has 0 fully saturated rings. The summed E-state index contributed by atoms with van der Waals surface area (Å²) in [4.78, 5) is 12.3. The van der Waals surface area contributed by atoms with Crippen molar-refractivity contribution in [3.63, 3.8) is 0 Å². The van der Waals surface area contributed by atoms with E-state index in [0.29, 0.717) is 5.56 Å². The van der Waals surface area contributed by atoms with Gasteiger partial charge in [-0.3, -0.25) is 0 Å². The van der Waals surface area contributed by atoms with Gasteiger partial charge < -0.3 is 9.30 Å². The van der Waals surface area contributed by atoms with E-state index in [9.17, 15) is 4.79 Å². The van der Waals surface area contributed by atoms with E-state index in [1.54, 1.807) is 0 Å². The molecule has 0 spiro atoms. The van der Waals surface area contributed by atoms with Gasteiger partial charge in [0.15, 0.2) is 0 Å². The molecule has 0 amide bonds. The Balaban J connectivity index is 1.86. The van der Waals surface area contributed by atoms with E-state index in [1.165, 1.54) is 0 Å². The van der Waals surface area contributed by atoms with Crippen LogP contribution in [0.3, 0.4) is 0 Å². The molecule has 0 aliphatic rings. The average molecular weight is 344 g/mol. The van der Waals surface area contributed by atoms with Crippen LogP contribution in [0.4, 0.5) is 0 Å². The Bertz CT molecular complexity index is 793. The number of hydrogen-bond donors (Lipinski definition) is 0. The van der Waals surface area contributed by atoms with E-state index < -0.39 is 0 Å². The van der Waals surface area contributed by atoms with Gasteiger partial charge in [0.05, 0.1) is 5.56 Å². The van der Waals surface area contributed by atoms with Gasteiger partial charge in [0.1, 0.15) is 6.61 Å². The van der Waals surface area contributed by atoms with Gasteiger partial charge in [0.25, 0.3) is 0 Å². The molecular weight excluding hydrogens is 330 g/mol. The van der Waals surface area contributed by atoms with Gasteiger partial charge in [-0.1, -0.05) is 46.3 Å². The predicted molar refractivity (Wildman–Crippen MR) is 86.2 cm³/mol. The van der Waals surface area contributed by atoms with Gasteiger partial charge >= 0.3 is 5.97 Å². The molecule has 3 rings (SSSR count). The number of fused-ring (bicyclic) bond motifs is 1. The summed E-state index contributed by atoms with van der Waals surface area (Å²) in [7, 11) is 1.92. The summed E-state index contributed by atoms with van der Waals surface area (Å²) >= 11 is 3.44. The van der Waals surface area contributed by atoms with Crippen molar-refractivity contribution in [2.24, 2.45) is 7.05 Å². The molecule has 1 aromatic heterocycles. The number of esters is 1. The Morgan fingerprint density at radius 2 is 1.95 bits per heavy atom. The Morgan fingerprint density at radius 1 is 1.19 bits per heavy atom. The minimum Gasteiger partial charge on any atom is -0.457 e. The van der Waals surface area contributed by atoms with Crippen LogP contribution in [0.15, 0.2) is 59.2 Å². The van der Waals surface area contributed by atoms with Gasteiger partial charge in [0, 0.05) is 28.6 Å². The molecule has 1 heterocycles. The molecule has 0 radical (unpaired) electrons. The molecule has 0 saturated heterocycles. The molecule has 0 atom stereocenters. The lowest BCUT2D eigenvalue weighted by Crippen LogP contribution is -2.04. The second-order valence-electron chi connectivity index (χ2n) is 4.88. The maximum Gasteiger partial charge on any atom is 0.340 e. The zero-order valence-electron chi connectivity index (χ0n) is 11.5. The van der Waals surface area contributed by atoms with Crippen LogP contribution < -0.4 is 0 Å². The molecule has 0 N–H and O–H groups in total. The molecule has 4 heteroatoms. The van der Waals surface area contributed by atoms with E-state index in [-0.39, 0.29) is 12.6 Å². The minimum atomic E-state index is -0.303. The van der Waals surface area contributed by atoms with E-state index in [4.69, 9.17) is 4.74 Å². The molecule has 0 aliphatic heterocycles. The highest BCUT2D eigenvalue weighted by atomic mass is 79.9. The third-order valence-corrected chi connectivity index (χ3v) is 3.88. The first-order chi connectivity index (χ1) is 10.1. The zero-order valence-corrected chi connectivity index (χ0v) is 13.1. The van der Waals surface area contributed by atoms with Gasteiger partial charge in [-0.15, -0.1) is 0 Å². The Morgan fingerprint density at radius 3 is 2.71 bits per heavy atom. The van der Waals surface area contributed by atoms with Crippen molar-refractivity contribution in [1.82, 2.24) is 4.57 Å². The number of nitrogens with zero attached hydrogens (tertiary/aromatic N) is 1. The first-order valence-electron chi connectivity index (χ1n) is 6.61. The molecular formula is C17H14BrNO2. The quantitative estimate of drug-likeness (QED) is 0.664. The summed E-state index contributed by atoms with van der Waals surface area (Å²) in [6.07, 6.45) is 1.81. The van der Waals surface area contributed by atoms with Gasteiger partial charge in [-0.05, 0) is 23.8 Å². The number of ether oxygens (including phenoxy) is 1. The normalized spacial score (nSPS) is 10.8. The highest BCUT2D eigenvalue weighted by molar-refractivity contribution is 9.10. The summed E-state index contributed by atoms with van der Waals surface area (Å²) in [6, 6.07) is 15.5. The van der Waals surface area contributed by atoms with Crippen molar-refractivity contribution in [2.45, 2.75) is 6.61 Å². The van der Waals surface area contributed by atoms with Crippen LogP contribution in [-0.4, -0.2) is 10.5 Å². The Labute approximate surface area is 131 Å². The number of rotatable bonds is 3. The highest BCUT2D eigenvalue weighted by Crippen LogP contribution is 2.25. The number of carbonyl (C=O) groups is 1. The lowest BCUT2D eigenvalue weighted by molar-refractivity contribution is 0.0475. The fraction of sp³-hybridized carbons (Fsp3) is 0.118. The molecule has 106 valence electrons. The van der Waals surface area contributed by atoms with Crippen LogP contribution >= 0.6 is 15.9 Å². The SMILES string of the molecule is Cn1cc(C(=O)OCc2ccccc2)c2cc(Br)ccc21. The highest BCUT2D eigenvalue weighted by Gasteiger charge is 2.15. The standard InChI is InChI=1S/C17H14BrNO2/c1-19-10-15(14-9-13(18)7-8-16(14)19)17(20)21-11-12-5-3-2-4-6-12/h2-10H,11H2,1H3. The van der Waals surface area contributed by atoms with E-state index in [0.717, 1.165) is 20.9 Å². The summed E-state index contributed by atoms with van der Waals surface area (Å²) in [6.45, 7) is 0.282. The molecule has 3 aromatic rings. The first-order valence-corrected chi connectivity index (χ1v) is 7.40. The third-order valence-electron chi connectivity index (χ3n) is 3.38. The van der Waals surface area contributed by atoms with Crippen LogP contribution in [0, 0.1) is 0 Å². The van der Waals surface area contributed by atoms with E-state index in [2.05, 4.69) is 15.9 Å². The molecule has 0 aliphatic carbocycles. The number of aryl methyl sites for hydroxylation is 1. The van der Waals surface area contributed by atoms with Crippen molar-refractivity contribution in [3.8, 4) is 0 Å². The number of benzene rings is 2. The zero-order chi connectivity index (χ0) is 14.8. The topological polar surface area (TPSA) is 31.2 Å². The van der Waals surface area contributed by atoms with Crippen LogP contribution in [0.1, 0.15) is 15.9 Å². The van der Waals surface area contributed by atoms with Crippen molar-refractivity contribution >= 4 is 32.8 Å². The number of halogens is 1.